The third-order valence-corrected chi connectivity index (χ3v) is 3.88. The van der Waals surface area contributed by atoms with E-state index in [0.717, 1.165) is 24.2 Å². The van der Waals surface area contributed by atoms with Gasteiger partial charge in [0, 0.05) is 0 Å². The van der Waals surface area contributed by atoms with Gasteiger partial charge < -0.3 is 10.4 Å². The molecule has 3 amide bonds. The van der Waals surface area contributed by atoms with Gasteiger partial charge in [0.2, 0.25) is 0 Å². The molecular formula is C11H17ClN2O3. The van der Waals surface area contributed by atoms with Crippen molar-refractivity contribution in [2.75, 3.05) is 12.4 Å². The van der Waals surface area contributed by atoms with Crippen molar-refractivity contribution in [2.24, 2.45) is 0 Å². The van der Waals surface area contributed by atoms with Crippen LogP contribution in [0.4, 0.5) is 4.79 Å². The molecule has 0 radical (unpaired) electrons. The lowest BCUT2D eigenvalue weighted by molar-refractivity contribution is -0.133. The van der Waals surface area contributed by atoms with Gasteiger partial charge in [-0.15, -0.1) is 11.6 Å². The Morgan fingerprint density at radius 2 is 2.00 bits per heavy atom. The van der Waals surface area contributed by atoms with E-state index in [0.29, 0.717) is 12.8 Å². The Morgan fingerprint density at radius 1 is 1.35 bits per heavy atom. The van der Waals surface area contributed by atoms with Crippen LogP contribution >= 0.6 is 11.6 Å². The van der Waals surface area contributed by atoms with E-state index >= 15 is 0 Å². The maximum Gasteiger partial charge on any atom is 0.325 e. The van der Waals surface area contributed by atoms with E-state index in [9.17, 15) is 14.7 Å². The molecule has 1 unspecified atom stereocenters. The predicted octanol–water partition coefficient (Wildman–Crippen LogP) is 0.841. The van der Waals surface area contributed by atoms with E-state index in [1.165, 1.54) is 0 Å². The molecule has 0 bridgehead atoms. The molecule has 0 aromatic heterocycles. The molecule has 1 aliphatic heterocycles. The number of hydrogen-bond donors (Lipinski definition) is 2. The van der Waals surface area contributed by atoms with E-state index in [2.05, 4.69) is 5.32 Å². The molecule has 2 N–H and O–H groups in total. The maximum absolute atomic E-state index is 12.2. The Kier molecular flexibility index (Phi) is 3.58. The first-order valence-corrected chi connectivity index (χ1v) is 6.51. The number of imide groups is 1. The number of nitrogens with one attached hydrogen (secondary N) is 1. The van der Waals surface area contributed by atoms with Crippen molar-refractivity contribution in [3.8, 4) is 0 Å². The summed E-state index contributed by atoms with van der Waals surface area (Å²) >= 11 is 5.48. The number of nitrogens with zero attached hydrogens (tertiary/aromatic N) is 1. The summed E-state index contributed by atoms with van der Waals surface area (Å²) in [6.45, 7) is -0.0179. The lowest BCUT2D eigenvalue weighted by Gasteiger charge is -2.30. The number of urea groups is 1. The average molecular weight is 261 g/mol. The molecule has 1 aliphatic carbocycles. The van der Waals surface area contributed by atoms with E-state index in [4.69, 9.17) is 11.6 Å². The molecule has 6 heteroatoms. The second-order valence-corrected chi connectivity index (χ2v) is 5.11. The molecular weight excluding hydrogens is 244 g/mol. The zero-order valence-electron chi connectivity index (χ0n) is 9.62. The number of alkyl halides is 1. The lowest BCUT2D eigenvalue weighted by Crippen LogP contribution is -2.48. The number of amides is 3. The summed E-state index contributed by atoms with van der Waals surface area (Å²) in [6.07, 6.45) is 3.56. The van der Waals surface area contributed by atoms with Gasteiger partial charge in [0.1, 0.15) is 5.54 Å². The smallest absolute Gasteiger partial charge is 0.325 e. The Labute approximate surface area is 105 Å². The van der Waals surface area contributed by atoms with Gasteiger partial charge in [-0.05, 0) is 12.8 Å². The van der Waals surface area contributed by atoms with Crippen molar-refractivity contribution in [1.29, 1.82) is 0 Å². The molecule has 0 aromatic carbocycles. The number of aliphatic hydroxyl groups is 1. The van der Waals surface area contributed by atoms with Crippen LogP contribution in [0, 0.1) is 0 Å². The summed E-state index contributed by atoms with van der Waals surface area (Å²) in [5.74, 6) is -0.185. The number of hydrogen-bond acceptors (Lipinski definition) is 3. The zero-order chi connectivity index (χ0) is 12.5. The minimum Gasteiger partial charge on any atom is -0.390 e. The molecule has 1 heterocycles. The van der Waals surface area contributed by atoms with Crippen LogP contribution < -0.4 is 5.32 Å². The van der Waals surface area contributed by atoms with Crippen LogP contribution in [-0.4, -0.2) is 46.0 Å². The summed E-state index contributed by atoms with van der Waals surface area (Å²) in [5.41, 5.74) is -0.707. The summed E-state index contributed by atoms with van der Waals surface area (Å²) in [4.78, 5) is 25.1. The highest BCUT2D eigenvalue weighted by Gasteiger charge is 2.51. The van der Waals surface area contributed by atoms with Crippen LogP contribution in [0.5, 0.6) is 0 Å². The average Bonchev–Trinajstić information content (AvgIpc) is 2.55. The number of β-amino-alcohol motifs (C(OH)–C–C–N with tert-alkyl or cyclic N) is 1. The number of carbonyl (C=O) groups excluding carboxylic acids is 2. The van der Waals surface area contributed by atoms with Gasteiger partial charge in [-0.1, -0.05) is 19.3 Å². The standard InChI is InChI=1S/C11H17ClN2O3/c12-6-8(15)7-14-9(16)11(13-10(14)17)4-2-1-3-5-11/h8,15H,1-7H2,(H,13,17). The largest absolute Gasteiger partial charge is 0.390 e. The molecule has 1 spiro atoms. The van der Waals surface area contributed by atoms with Crippen molar-refractivity contribution < 1.29 is 14.7 Å². The van der Waals surface area contributed by atoms with Crippen LogP contribution in [0.25, 0.3) is 0 Å². The summed E-state index contributed by atoms with van der Waals surface area (Å²) < 4.78 is 0. The monoisotopic (exact) mass is 260 g/mol. The Morgan fingerprint density at radius 3 is 2.59 bits per heavy atom. The quantitative estimate of drug-likeness (QED) is 0.584. The second kappa shape index (κ2) is 4.82. The fraction of sp³-hybridized carbons (Fsp3) is 0.818. The third-order valence-electron chi connectivity index (χ3n) is 3.52. The van der Waals surface area contributed by atoms with Crippen molar-refractivity contribution in [2.45, 2.75) is 43.7 Å². The maximum atomic E-state index is 12.2. The Hall–Kier alpha value is -0.810. The molecule has 1 saturated carbocycles. The highest BCUT2D eigenvalue weighted by Crippen LogP contribution is 2.33. The van der Waals surface area contributed by atoms with Crippen LogP contribution in [0.2, 0.25) is 0 Å². The first-order valence-electron chi connectivity index (χ1n) is 5.97. The van der Waals surface area contributed by atoms with Gasteiger partial charge in [-0.3, -0.25) is 9.69 Å². The molecule has 96 valence electrons. The third kappa shape index (κ3) is 2.26. The minimum absolute atomic E-state index is 0.0179. The molecule has 0 aromatic rings. The first kappa shape index (κ1) is 12.6. The SMILES string of the molecule is O=C1NC2(CCCCC2)C(=O)N1CC(O)CCl. The normalized spacial score (nSPS) is 25.2. The molecule has 1 saturated heterocycles. The van der Waals surface area contributed by atoms with E-state index in [1.807, 2.05) is 0 Å². The summed E-state index contributed by atoms with van der Waals surface area (Å²) in [5, 5.41) is 12.2. The van der Waals surface area contributed by atoms with Crippen LogP contribution in [0.3, 0.4) is 0 Å². The zero-order valence-corrected chi connectivity index (χ0v) is 10.4. The first-order chi connectivity index (χ1) is 8.09. The predicted molar refractivity (Wildman–Crippen MR) is 62.8 cm³/mol. The Balaban J connectivity index is 2.10. The topological polar surface area (TPSA) is 69.6 Å². The molecule has 2 aliphatic rings. The van der Waals surface area contributed by atoms with Crippen LogP contribution in [0.15, 0.2) is 0 Å². The molecule has 17 heavy (non-hydrogen) atoms. The number of rotatable bonds is 3. The molecule has 2 fully saturated rings. The minimum atomic E-state index is -0.856. The lowest BCUT2D eigenvalue weighted by atomic mass is 9.82. The van der Waals surface area contributed by atoms with Gasteiger partial charge >= 0.3 is 6.03 Å². The van der Waals surface area contributed by atoms with Gasteiger partial charge in [-0.25, -0.2) is 4.79 Å². The molecule has 1 atom stereocenters. The number of carbonyl (C=O) groups is 2. The van der Waals surface area contributed by atoms with E-state index in [1.54, 1.807) is 0 Å². The van der Waals surface area contributed by atoms with Crippen molar-refractivity contribution in [1.82, 2.24) is 10.2 Å². The number of aliphatic hydroxyl groups excluding tert-OH is 1. The van der Waals surface area contributed by atoms with Gasteiger partial charge in [0.05, 0.1) is 18.5 Å². The second-order valence-electron chi connectivity index (χ2n) is 4.80. The van der Waals surface area contributed by atoms with Gasteiger partial charge in [0.25, 0.3) is 5.91 Å². The number of halogens is 1. The van der Waals surface area contributed by atoms with Crippen LogP contribution in [-0.2, 0) is 4.79 Å². The Bertz CT molecular complexity index is 329. The fourth-order valence-corrected chi connectivity index (χ4v) is 2.69. The molecule has 2 rings (SSSR count). The highest BCUT2D eigenvalue weighted by atomic mass is 35.5. The van der Waals surface area contributed by atoms with E-state index in [-0.39, 0.29) is 18.3 Å². The van der Waals surface area contributed by atoms with Crippen molar-refractivity contribution in [3.05, 3.63) is 0 Å². The van der Waals surface area contributed by atoms with Crippen LogP contribution in [0.1, 0.15) is 32.1 Å². The summed E-state index contributed by atoms with van der Waals surface area (Å²) in [6, 6.07) is -0.402. The molecule has 5 nitrogen and oxygen atoms in total. The van der Waals surface area contributed by atoms with E-state index < -0.39 is 17.7 Å². The fourth-order valence-electron chi connectivity index (χ4n) is 2.60. The van der Waals surface area contributed by atoms with Gasteiger partial charge in [-0.2, -0.15) is 0 Å². The van der Waals surface area contributed by atoms with Gasteiger partial charge in [0.15, 0.2) is 0 Å². The highest BCUT2D eigenvalue weighted by molar-refractivity contribution is 6.18. The summed E-state index contributed by atoms with van der Waals surface area (Å²) in [7, 11) is 0. The van der Waals surface area contributed by atoms with Crippen molar-refractivity contribution in [3.63, 3.8) is 0 Å². The van der Waals surface area contributed by atoms with Crippen molar-refractivity contribution >= 4 is 23.5 Å².